The first-order chi connectivity index (χ1) is 8.58. The van der Waals surface area contributed by atoms with Crippen LogP contribution in [0.3, 0.4) is 0 Å². The Morgan fingerprint density at radius 3 is 2.89 bits per heavy atom. The van der Waals surface area contributed by atoms with Crippen molar-refractivity contribution in [3.8, 4) is 6.07 Å². The summed E-state index contributed by atoms with van der Waals surface area (Å²) in [5.41, 5.74) is 0.365. The van der Waals surface area contributed by atoms with Crippen molar-refractivity contribution in [3.63, 3.8) is 0 Å². The van der Waals surface area contributed by atoms with Gasteiger partial charge in [-0.1, -0.05) is 19.4 Å². The first-order valence-corrected chi connectivity index (χ1v) is 5.72. The third kappa shape index (κ3) is 3.74. The highest BCUT2D eigenvalue weighted by molar-refractivity contribution is 5.67. The molecule has 0 aliphatic carbocycles. The largest absolute Gasteiger partial charge is 0.481 e. The zero-order chi connectivity index (χ0) is 13.5. The third-order valence-electron chi connectivity index (χ3n) is 2.75. The molecule has 0 radical (unpaired) electrons. The minimum atomic E-state index is -0.858. The molecule has 0 spiro atoms. The van der Waals surface area contributed by atoms with Gasteiger partial charge in [0.2, 0.25) is 0 Å². The number of carboxylic acids is 1. The molecule has 5 heteroatoms. The number of carbonyl (C=O) groups is 1. The fraction of sp³-hybridized carbons (Fsp3) is 0.385. The van der Waals surface area contributed by atoms with E-state index in [9.17, 15) is 9.18 Å². The molecule has 0 amide bonds. The fourth-order valence-corrected chi connectivity index (χ4v) is 1.65. The highest BCUT2D eigenvalue weighted by Gasteiger charge is 2.13. The maximum absolute atomic E-state index is 13.3. The van der Waals surface area contributed by atoms with Gasteiger partial charge in [0.05, 0.1) is 5.69 Å². The molecule has 1 rings (SSSR count). The summed E-state index contributed by atoms with van der Waals surface area (Å²) in [6, 6.07) is 6.13. The maximum atomic E-state index is 13.3. The Hall–Kier alpha value is -2.09. The fourth-order valence-electron chi connectivity index (χ4n) is 1.65. The number of halogens is 1. The molecule has 0 heterocycles. The quantitative estimate of drug-likeness (QED) is 0.814. The lowest BCUT2D eigenvalue weighted by atomic mass is 10.0. The molecule has 0 bridgehead atoms. The molecule has 18 heavy (non-hydrogen) atoms. The van der Waals surface area contributed by atoms with Crippen molar-refractivity contribution in [2.24, 2.45) is 5.92 Å². The molecule has 0 saturated heterocycles. The monoisotopic (exact) mass is 250 g/mol. The number of hydrogen-bond acceptors (Lipinski definition) is 3. The summed E-state index contributed by atoms with van der Waals surface area (Å²) in [6.45, 7) is 2.30. The van der Waals surface area contributed by atoms with Crippen LogP contribution in [0.25, 0.3) is 0 Å². The highest BCUT2D eigenvalue weighted by atomic mass is 19.1. The number of aliphatic carboxylic acids is 1. The van der Waals surface area contributed by atoms with E-state index < -0.39 is 11.8 Å². The summed E-state index contributed by atoms with van der Waals surface area (Å²) in [4.78, 5) is 10.6. The number of benzene rings is 1. The summed E-state index contributed by atoms with van der Waals surface area (Å²) in [7, 11) is 0. The van der Waals surface area contributed by atoms with Crippen LogP contribution in [0.15, 0.2) is 18.2 Å². The summed E-state index contributed by atoms with van der Waals surface area (Å²) in [5, 5.41) is 20.5. The molecule has 0 aromatic heterocycles. The second-order valence-electron chi connectivity index (χ2n) is 4.03. The molecule has 0 fully saturated rings. The van der Waals surface area contributed by atoms with E-state index in [0.29, 0.717) is 18.7 Å². The second-order valence-corrected chi connectivity index (χ2v) is 4.03. The van der Waals surface area contributed by atoms with E-state index in [1.807, 2.05) is 6.92 Å². The van der Waals surface area contributed by atoms with Gasteiger partial charge in [-0.25, -0.2) is 4.39 Å². The zero-order valence-electron chi connectivity index (χ0n) is 10.1. The van der Waals surface area contributed by atoms with Crippen LogP contribution >= 0.6 is 0 Å². The average molecular weight is 250 g/mol. The number of anilines is 1. The summed E-state index contributed by atoms with van der Waals surface area (Å²) >= 11 is 0. The topological polar surface area (TPSA) is 73.1 Å². The summed E-state index contributed by atoms with van der Waals surface area (Å²) < 4.78 is 13.3. The molecule has 1 atom stereocenters. The van der Waals surface area contributed by atoms with E-state index in [-0.39, 0.29) is 17.9 Å². The molecule has 4 nitrogen and oxygen atoms in total. The maximum Gasteiger partial charge on any atom is 0.303 e. The first-order valence-electron chi connectivity index (χ1n) is 5.72. The first kappa shape index (κ1) is 14.0. The van der Waals surface area contributed by atoms with Crippen molar-refractivity contribution in [2.75, 3.05) is 11.9 Å². The number of rotatable bonds is 6. The van der Waals surface area contributed by atoms with Crippen LogP contribution in [-0.4, -0.2) is 17.6 Å². The molecule has 1 aromatic rings. The third-order valence-corrected chi connectivity index (χ3v) is 2.75. The second kappa shape index (κ2) is 6.60. The molecule has 0 saturated carbocycles. The number of hydrogen-bond donors (Lipinski definition) is 2. The van der Waals surface area contributed by atoms with E-state index in [2.05, 4.69) is 5.32 Å². The molecule has 1 aromatic carbocycles. The Bertz CT molecular complexity index is 469. The van der Waals surface area contributed by atoms with Gasteiger partial charge in [-0.15, -0.1) is 0 Å². The number of nitrogens with zero attached hydrogens (tertiary/aromatic N) is 1. The molecular weight excluding hydrogens is 235 g/mol. The Morgan fingerprint density at radius 1 is 1.61 bits per heavy atom. The van der Waals surface area contributed by atoms with E-state index in [1.54, 1.807) is 12.1 Å². The van der Waals surface area contributed by atoms with Gasteiger partial charge in [0, 0.05) is 13.0 Å². The molecule has 0 aliphatic heterocycles. The molecular formula is C13H15FN2O2. The van der Waals surface area contributed by atoms with E-state index >= 15 is 0 Å². The normalized spacial score (nSPS) is 11.6. The lowest BCUT2D eigenvalue weighted by Gasteiger charge is -2.15. The molecule has 2 N–H and O–H groups in total. The van der Waals surface area contributed by atoms with Crippen LogP contribution in [0.4, 0.5) is 10.1 Å². The van der Waals surface area contributed by atoms with Crippen LogP contribution in [0.1, 0.15) is 25.3 Å². The van der Waals surface area contributed by atoms with Gasteiger partial charge in [0.1, 0.15) is 17.4 Å². The van der Waals surface area contributed by atoms with Gasteiger partial charge < -0.3 is 10.4 Å². The van der Waals surface area contributed by atoms with Crippen LogP contribution in [0.5, 0.6) is 0 Å². The van der Waals surface area contributed by atoms with Gasteiger partial charge in [-0.2, -0.15) is 5.26 Å². The van der Waals surface area contributed by atoms with Crippen LogP contribution in [-0.2, 0) is 4.79 Å². The Morgan fingerprint density at radius 2 is 2.33 bits per heavy atom. The number of nitrogens with one attached hydrogen (secondary N) is 1. The average Bonchev–Trinajstić information content (AvgIpc) is 2.34. The minimum absolute atomic E-state index is 0.0392. The predicted molar refractivity (Wildman–Crippen MR) is 65.6 cm³/mol. The van der Waals surface area contributed by atoms with E-state index in [4.69, 9.17) is 10.4 Å². The van der Waals surface area contributed by atoms with Crippen LogP contribution < -0.4 is 5.32 Å². The lowest BCUT2D eigenvalue weighted by molar-refractivity contribution is -0.138. The van der Waals surface area contributed by atoms with Crippen molar-refractivity contribution in [1.29, 1.82) is 5.26 Å². The summed E-state index contributed by atoms with van der Waals surface area (Å²) in [5.74, 6) is -1.48. The van der Waals surface area contributed by atoms with Crippen molar-refractivity contribution >= 4 is 11.7 Å². The Labute approximate surface area is 105 Å². The number of nitriles is 1. The minimum Gasteiger partial charge on any atom is -0.481 e. The van der Waals surface area contributed by atoms with Gasteiger partial charge in [-0.3, -0.25) is 4.79 Å². The van der Waals surface area contributed by atoms with Crippen LogP contribution in [0.2, 0.25) is 0 Å². The lowest BCUT2D eigenvalue weighted by Crippen LogP contribution is -2.17. The van der Waals surface area contributed by atoms with Crippen molar-refractivity contribution < 1.29 is 14.3 Å². The highest BCUT2D eigenvalue weighted by Crippen LogP contribution is 2.19. The van der Waals surface area contributed by atoms with E-state index in [1.165, 1.54) is 12.1 Å². The molecule has 1 unspecified atom stereocenters. The van der Waals surface area contributed by atoms with Crippen molar-refractivity contribution in [3.05, 3.63) is 29.6 Å². The smallest absolute Gasteiger partial charge is 0.303 e. The Balaban J connectivity index is 2.71. The number of carboxylic acid groups (broad SMARTS) is 1. The Kier molecular flexibility index (Phi) is 5.12. The zero-order valence-corrected chi connectivity index (χ0v) is 10.1. The van der Waals surface area contributed by atoms with Crippen molar-refractivity contribution in [2.45, 2.75) is 19.8 Å². The van der Waals surface area contributed by atoms with E-state index in [0.717, 1.165) is 0 Å². The standard InChI is InChI=1S/C13H15FN2O2/c1-2-9(6-13(17)18)8-16-12-5-3-4-11(14)10(12)7-15/h3-5,9,16H,2,6,8H2,1H3,(H,17,18). The SMILES string of the molecule is CCC(CNc1cccc(F)c1C#N)CC(=O)O. The summed E-state index contributed by atoms with van der Waals surface area (Å²) in [6.07, 6.45) is 0.761. The molecule has 0 aliphatic rings. The van der Waals surface area contributed by atoms with Gasteiger partial charge in [0.25, 0.3) is 0 Å². The predicted octanol–water partition coefficient (Wildman–Crippen LogP) is 2.61. The molecule has 96 valence electrons. The van der Waals surface area contributed by atoms with Crippen LogP contribution in [0, 0.1) is 23.1 Å². The van der Waals surface area contributed by atoms with Crippen molar-refractivity contribution in [1.82, 2.24) is 0 Å². The van der Waals surface area contributed by atoms with Gasteiger partial charge >= 0.3 is 5.97 Å². The van der Waals surface area contributed by atoms with Gasteiger partial charge in [-0.05, 0) is 18.1 Å². The van der Waals surface area contributed by atoms with Gasteiger partial charge in [0.15, 0.2) is 0 Å².